The van der Waals surface area contributed by atoms with Crippen molar-refractivity contribution < 1.29 is 4.79 Å². The van der Waals surface area contributed by atoms with Crippen LogP contribution in [0.1, 0.15) is 11.1 Å². The Morgan fingerprint density at radius 2 is 2.04 bits per heavy atom. The number of hydrogen-bond donors (Lipinski definition) is 1. The zero-order valence-corrected chi connectivity index (χ0v) is 14.4. The van der Waals surface area contributed by atoms with Crippen LogP contribution in [0, 0.1) is 6.92 Å². The van der Waals surface area contributed by atoms with Crippen molar-refractivity contribution in [1.29, 1.82) is 0 Å². The number of rotatable bonds is 4. The van der Waals surface area contributed by atoms with Gasteiger partial charge in [0.15, 0.2) is 5.13 Å². The first-order chi connectivity index (χ1) is 11.6. The topological polar surface area (TPSA) is 58.1 Å². The number of aromatic nitrogens is 2. The lowest BCUT2D eigenvalue weighted by Crippen LogP contribution is -2.30. The monoisotopic (exact) mass is 338 g/mol. The van der Waals surface area contributed by atoms with E-state index in [9.17, 15) is 4.79 Å². The van der Waals surface area contributed by atoms with Crippen molar-refractivity contribution >= 4 is 22.5 Å². The van der Waals surface area contributed by atoms with Gasteiger partial charge in [-0.25, -0.2) is 9.78 Å². The van der Waals surface area contributed by atoms with Gasteiger partial charge in [-0.15, -0.1) is 11.3 Å². The van der Waals surface area contributed by atoms with E-state index < -0.39 is 0 Å². The fourth-order valence-electron chi connectivity index (χ4n) is 2.20. The molecule has 0 unspecified atom stereocenters. The van der Waals surface area contributed by atoms with Gasteiger partial charge in [-0.1, -0.05) is 29.8 Å². The third-order valence-corrected chi connectivity index (χ3v) is 4.32. The van der Waals surface area contributed by atoms with Crippen LogP contribution in [-0.4, -0.2) is 27.9 Å². The summed E-state index contributed by atoms with van der Waals surface area (Å²) in [7, 11) is 1.77. The van der Waals surface area contributed by atoms with Gasteiger partial charge in [0.25, 0.3) is 0 Å². The van der Waals surface area contributed by atoms with Crippen molar-refractivity contribution in [3.63, 3.8) is 0 Å². The number of carbonyl (C=O) groups excluding carboxylic acids is 1. The molecule has 1 aromatic carbocycles. The number of pyridine rings is 1. The Kier molecular flexibility index (Phi) is 4.86. The van der Waals surface area contributed by atoms with Crippen LogP contribution in [-0.2, 0) is 6.54 Å². The van der Waals surface area contributed by atoms with E-state index in [0.29, 0.717) is 11.7 Å². The van der Waals surface area contributed by atoms with E-state index in [2.05, 4.69) is 15.3 Å². The van der Waals surface area contributed by atoms with Gasteiger partial charge < -0.3 is 4.90 Å². The number of nitrogens with one attached hydrogen (secondary N) is 1. The van der Waals surface area contributed by atoms with Crippen molar-refractivity contribution in [2.75, 3.05) is 12.4 Å². The first-order valence-corrected chi connectivity index (χ1v) is 8.43. The van der Waals surface area contributed by atoms with E-state index in [1.54, 1.807) is 24.3 Å². The fraction of sp³-hybridized carbons (Fsp3) is 0.167. The lowest BCUT2D eigenvalue weighted by molar-refractivity contribution is 0.220. The molecule has 5 nitrogen and oxygen atoms in total. The molecule has 122 valence electrons. The summed E-state index contributed by atoms with van der Waals surface area (Å²) in [5.41, 5.74) is 4.04. The number of anilines is 1. The molecule has 24 heavy (non-hydrogen) atoms. The molecular weight excluding hydrogens is 320 g/mol. The quantitative estimate of drug-likeness (QED) is 0.776. The first kappa shape index (κ1) is 16.1. The summed E-state index contributed by atoms with van der Waals surface area (Å²) in [6.45, 7) is 2.59. The highest BCUT2D eigenvalue weighted by molar-refractivity contribution is 7.14. The van der Waals surface area contributed by atoms with E-state index in [0.717, 1.165) is 16.8 Å². The summed E-state index contributed by atoms with van der Waals surface area (Å²) in [6, 6.07) is 11.8. The molecule has 0 atom stereocenters. The van der Waals surface area contributed by atoms with E-state index in [1.165, 1.54) is 16.9 Å². The second-order valence-corrected chi connectivity index (χ2v) is 6.41. The van der Waals surface area contributed by atoms with Gasteiger partial charge in [0.05, 0.1) is 5.69 Å². The maximum Gasteiger partial charge on any atom is 0.323 e. The summed E-state index contributed by atoms with van der Waals surface area (Å²) < 4.78 is 0. The standard InChI is InChI=1S/C18H18N4OS/c1-13-5-7-14(8-6-13)11-22(2)18(23)21-17-20-16(12-24-17)15-4-3-9-19-10-15/h3-10,12H,11H2,1-2H3,(H,20,21,23). The zero-order valence-electron chi connectivity index (χ0n) is 13.6. The Morgan fingerprint density at radius 1 is 1.25 bits per heavy atom. The second kappa shape index (κ2) is 7.23. The predicted molar refractivity (Wildman–Crippen MR) is 97.0 cm³/mol. The molecule has 0 saturated heterocycles. The maximum atomic E-state index is 12.3. The van der Waals surface area contributed by atoms with Crippen LogP contribution in [0.5, 0.6) is 0 Å². The number of urea groups is 1. The number of carbonyl (C=O) groups is 1. The molecule has 0 fully saturated rings. The third kappa shape index (κ3) is 3.97. The Labute approximate surface area is 145 Å². The summed E-state index contributed by atoms with van der Waals surface area (Å²) in [5.74, 6) is 0. The van der Waals surface area contributed by atoms with E-state index in [-0.39, 0.29) is 6.03 Å². The van der Waals surface area contributed by atoms with Gasteiger partial charge in [0.2, 0.25) is 0 Å². The predicted octanol–water partition coefficient (Wildman–Crippen LogP) is 4.18. The molecule has 0 radical (unpaired) electrons. The number of thiazole rings is 1. The van der Waals surface area contributed by atoms with Gasteiger partial charge >= 0.3 is 6.03 Å². The van der Waals surface area contributed by atoms with Crippen LogP contribution >= 0.6 is 11.3 Å². The minimum Gasteiger partial charge on any atom is -0.323 e. The van der Waals surface area contributed by atoms with Gasteiger partial charge in [0, 0.05) is 36.9 Å². The van der Waals surface area contributed by atoms with Crippen LogP contribution in [0.4, 0.5) is 9.93 Å². The van der Waals surface area contributed by atoms with E-state index >= 15 is 0 Å². The molecule has 0 bridgehead atoms. The molecule has 6 heteroatoms. The molecule has 0 spiro atoms. The van der Waals surface area contributed by atoms with Crippen molar-refractivity contribution in [3.05, 3.63) is 65.3 Å². The summed E-state index contributed by atoms with van der Waals surface area (Å²) >= 11 is 1.40. The summed E-state index contributed by atoms with van der Waals surface area (Å²) in [5, 5.41) is 5.33. The zero-order chi connectivity index (χ0) is 16.9. The van der Waals surface area contributed by atoms with Crippen molar-refractivity contribution in [3.8, 4) is 11.3 Å². The minimum atomic E-state index is -0.178. The molecule has 2 heterocycles. The van der Waals surface area contributed by atoms with Crippen LogP contribution < -0.4 is 5.32 Å². The molecule has 3 aromatic rings. The first-order valence-electron chi connectivity index (χ1n) is 7.55. The average Bonchev–Trinajstić information content (AvgIpc) is 3.06. The number of benzene rings is 1. The van der Waals surface area contributed by atoms with Crippen LogP contribution in [0.25, 0.3) is 11.3 Å². The molecule has 0 aliphatic heterocycles. The molecule has 2 aromatic heterocycles. The van der Waals surface area contributed by atoms with Crippen LogP contribution in [0.2, 0.25) is 0 Å². The molecule has 3 rings (SSSR count). The lowest BCUT2D eigenvalue weighted by atomic mass is 10.1. The van der Waals surface area contributed by atoms with Crippen molar-refractivity contribution in [2.45, 2.75) is 13.5 Å². The van der Waals surface area contributed by atoms with Crippen LogP contribution in [0.3, 0.4) is 0 Å². The van der Waals surface area contributed by atoms with Gasteiger partial charge in [0.1, 0.15) is 0 Å². The number of hydrogen-bond acceptors (Lipinski definition) is 4. The summed E-state index contributed by atoms with van der Waals surface area (Å²) in [6.07, 6.45) is 3.47. The molecule has 0 aliphatic rings. The van der Waals surface area contributed by atoms with Gasteiger partial charge in [-0.3, -0.25) is 10.3 Å². The smallest absolute Gasteiger partial charge is 0.323 e. The largest absolute Gasteiger partial charge is 0.323 e. The number of nitrogens with zero attached hydrogens (tertiary/aromatic N) is 3. The van der Waals surface area contributed by atoms with E-state index in [1.807, 2.05) is 48.7 Å². The highest BCUT2D eigenvalue weighted by Gasteiger charge is 2.12. The Bertz CT molecular complexity index is 815. The third-order valence-electron chi connectivity index (χ3n) is 3.56. The Balaban J connectivity index is 1.62. The maximum absolute atomic E-state index is 12.3. The highest BCUT2D eigenvalue weighted by Crippen LogP contribution is 2.24. The molecular formula is C18H18N4OS. The normalized spacial score (nSPS) is 10.4. The Morgan fingerprint density at radius 3 is 2.75 bits per heavy atom. The minimum absolute atomic E-state index is 0.178. The van der Waals surface area contributed by atoms with Crippen LogP contribution in [0.15, 0.2) is 54.2 Å². The number of amides is 2. The molecule has 2 amide bonds. The Hall–Kier alpha value is -2.73. The van der Waals surface area contributed by atoms with Gasteiger partial charge in [-0.2, -0.15) is 0 Å². The molecule has 0 aliphatic carbocycles. The lowest BCUT2D eigenvalue weighted by Gasteiger charge is -2.17. The second-order valence-electron chi connectivity index (χ2n) is 5.55. The summed E-state index contributed by atoms with van der Waals surface area (Å²) in [4.78, 5) is 22.5. The highest BCUT2D eigenvalue weighted by atomic mass is 32.1. The van der Waals surface area contributed by atoms with Gasteiger partial charge in [-0.05, 0) is 24.6 Å². The van der Waals surface area contributed by atoms with Crippen molar-refractivity contribution in [1.82, 2.24) is 14.9 Å². The fourth-order valence-corrected chi connectivity index (χ4v) is 2.91. The molecule has 0 saturated carbocycles. The van der Waals surface area contributed by atoms with E-state index in [4.69, 9.17) is 0 Å². The number of aryl methyl sites for hydroxylation is 1. The molecule has 1 N–H and O–H groups in total. The average molecular weight is 338 g/mol. The SMILES string of the molecule is Cc1ccc(CN(C)C(=O)Nc2nc(-c3cccnc3)cs2)cc1. The van der Waals surface area contributed by atoms with Crippen molar-refractivity contribution in [2.24, 2.45) is 0 Å².